The zero-order chi connectivity index (χ0) is 12.0. The third-order valence-corrected chi connectivity index (χ3v) is 2.74. The maximum Gasteiger partial charge on any atom is 0.142 e. The molecule has 0 aromatic rings. The molecule has 6 heteroatoms. The highest BCUT2D eigenvalue weighted by Gasteiger charge is 2.43. The molecule has 1 aliphatic heterocycles. The number of methoxy groups -OCH3 is 3. The second-order valence-electron chi connectivity index (χ2n) is 3.86. The van der Waals surface area contributed by atoms with Gasteiger partial charge in [-0.1, -0.05) is 0 Å². The average molecular weight is 232 g/mol. The van der Waals surface area contributed by atoms with E-state index >= 15 is 0 Å². The van der Waals surface area contributed by atoms with Gasteiger partial charge in [-0.05, 0) is 0 Å². The monoisotopic (exact) mass is 232 g/mol. The lowest BCUT2D eigenvalue weighted by molar-refractivity contribution is -0.0629. The van der Waals surface area contributed by atoms with Crippen LogP contribution in [0, 0.1) is 0 Å². The van der Waals surface area contributed by atoms with Crippen LogP contribution in [-0.2, 0) is 23.7 Å². The Hall–Kier alpha value is -0.135. The second kappa shape index (κ2) is 7.24. The van der Waals surface area contributed by atoms with Crippen molar-refractivity contribution in [2.24, 2.45) is 0 Å². The summed E-state index contributed by atoms with van der Waals surface area (Å²) in [6, 6.07) is 0.0157. The molecule has 0 saturated carbocycles. The van der Waals surface area contributed by atoms with Crippen molar-refractivity contribution in [2.45, 2.75) is 24.3 Å². The van der Waals surface area contributed by atoms with Gasteiger partial charge in [0, 0.05) is 21.3 Å². The number of rotatable bonds is 7. The molecule has 94 valence electrons. The molecule has 1 heterocycles. The standard InChI is InChI=1S/C10H21BO5/c1-12-4-5-15-9-8(14-3)7(6-13-2)16-10(9)11/h7-10H,4-6,11H2,1-3H3/t7-,8?,9?,10-/m1/s1. The molecule has 5 nitrogen and oxygen atoms in total. The van der Waals surface area contributed by atoms with E-state index in [4.69, 9.17) is 23.7 Å². The van der Waals surface area contributed by atoms with Gasteiger partial charge in [0.1, 0.15) is 26.2 Å². The lowest BCUT2D eigenvalue weighted by Gasteiger charge is -2.22. The van der Waals surface area contributed by atoms with E-state index in [2.05, 4.69) is 0 Å². The first-order valence-corrected chi connectivity index (χ1v) is 5.52. The smallest absolute Gasteiger partial charge is 0.142 e. The van der Waals surface area contributed by atoms with Crippen molar-refractivity contribution in [3.8, 4) is 0 Å². The fourth-order valence-electron chi connectivity index (χ4n) is 1.99. The molecule has 0 radical (unpaired) electrons. The molecule has 0 amide bonds. The largest absolute Gasteiger partial charge is 0.382 e. The highest BCUT2D eigenvalue weighted by Crippen LogP contribution is 2.24. The van der Waals surface area contributed by atoms with Crippen LogP contribution in [0.3, 0.4) is 0 Å². The normalized spacial score (nSPS) is 34.4. The van der Waals surface area contributed by atoms with Gasteiger partial charge in [-0.25, -0.2) is 0 Å². The predicted octanol–water partition coefficient (Wildman–Crippen LogP) is -0.963. The second-order valence-corrected chi connectivity index (χ2v) is 3.86. The van der Waals surface area contributed by atoms with Crippen LogP contribution in [0.2, 0.25) is 0 Å². The van der Waals surface area contributed by atoms with Crippen molar-refractivity contribution in [1.82, 2.24) is 0 Å². The van der Waals surface area contributed by atoms with Crippen molar-refractivity contribution in [2.75, 3.05) is 41.2 Å². The topological polar surface area (TPSA) is 46.2 Å². The average Bonchev–Trinajstić information content (AvgIpc) is 2.56. The van der Waals surface area contributed by atoms with Crippen LogP contribution in [0.1, 0.15) is 0 Å². The van der Waals surface area contributed by atoms with Crippen molar-refractivity contribution < 1.29 is 23.7 Å². The minimum Gasteiger partial charge on any atom is -0.382 e. The van der Waals surface area contributed by atoms with E-state index in [1.54, 1.807) is 21.3 Å². The van der Waals surface area contributed by atoms with E-state index in [-0.39, 0.29) is 24.3 Å². The summed E-state index contributed by atoms with van der Waals surface area (Å²) < 4.78 is 26.9. The van der Waals surface area contributed by atoms with Crippen LogP contribution < -0.4 is 0 Å². The summed E-state index contributed by atoms with van der Waals surface area (Å²) in [6.45, 7) is 1.65. The fraction of sp³-hybridized carbons (Fsp3) is 1.00. The minimum atomic E-state index is -0.0770. The molecule has 1 rings (SSSR count). The Balaban J connectivity index is 2.46. The third kappa shape index (κ3) is 3.43. The van der Waals surface area contributed by atoms with E-state index in [0.717, 1.165) is 0 Å². The van der Waals surface area contributed by atoms with Crippen molar-refractivity contribution in [1.29, 1.82) is 0 Å². The lowest BCUT2D eigenvalue weighted by Crippen LogP contribution is -2.39. The molecule has 0 aromatic heterocycles. The molecule has 0 N–H and O–H groups in total. The molecule has 0 bridgehead atoms. The van der Waals surface area contributed by atoms with Crippen LogP contribution in [-0.4, -0.2) is 73.3 Å². The molecule has 2 unspecified atom stereocenters. The van der Waals surface area contributed by atoms with E-state index in [1.165, 1.54) is 0 Å². The Bertz CT molecular complexity index is 192. The summed E-state index contributed by atoms with van der Waals surface area (Å²) in [5.74, 6) is 0. The number of hydrogen-bond acceptors (Lipinski definition) is 5. The molecule has 0 aliphatic carbocycles. The number of ether oxygens (including phenoxy) is 5. The zero-order valence-electron chi connectivity index (χ0n) is 10.5. The Morgan fingerprint density at radius 2 is 1.81 bits per heavy atom. The summed E-state index contributed by atoms with van der Waals surface area (Å²) in [5.41, 5.74) is 0. The zero-order valence-corrected chi connectivity index (χ0v) is 10.5. The molecule has 0 spiro atoms. The first-order chi connectivity index (χ1) is 7.74. The van der Waals surface area contributed by atoms with Crippen LogP contribution in [0.15, 0.2) is 0 Å². The summed E-state index contributed by atoms with van der Waals surface area (Å²) >= 11 is 0. The SMILES string of the molecule is B[C@@H]1O[C@H](COC)C(OC)C1OCCOC. The fourth-order valence-corrected chi connectivity index (χ4v) is 1.99. The van der Waals surface area contributed by atoms with Crippen molar-refractivity contribution in [3.05, 3.63) is 0 Å². The maximum atomic E-state index is 5.73. The van der Waals surface area contributed by atoms with Crippen LogP contribution in [0.4, 0.5) is 0 Å². The van der Waals surface area contributed by atoms with E-state index in [9.17, 15) is 0 Å². The van der Waals surface area contributed by atoms with Gasteiger partial charge in [-0.15, -0.1) is 0 Å². The van der Waals surface area contributed by atoms with Gasteiger partial charge in [0.25, 0.3) is 0 Å². The Kier molecular flexibility index (Phi) is 6.30. The molecule has 1 saturated heterocycles. The molecular weight excluding hydrogens is 211 g/mol. The van der Waals surface area contributed by atoms with Gasteiger partial charge in [0.2, 0.25) is 0 Å². The van der Waals surface area contributed by atoms with Gasteiger partial charge >= 0.3 is 0 Å². The van der Waals surface area contributed by atoms with E-state index < -0.39 is 0 Å². The third-order valence-electron chi connectivity index (χ3n) is 2.74. The predicted molar refractivity (Wildman–Crippen MR) is 61.5 cm³/mol. The molecular formula is C10H21BO5. The Labute approximate surface area is 97.7 Å². The first-order valence-electron chi connectivity index (χ1n) is 5.52. The first kappa shape index (κ1) is 13.9. The van der Waals surface area contributed by atoms with Gasteiger partial charge in [-0.3, -0.25) is 0 Å². The molecule has 1 aliphatic rings. The van der Waals surface area contributed by atoms with Gasteiger partial charge < -0.3 is 23.7 Å². The maximum absolute atomic E-state index is 5.73. The summed E-state index contributed by atoms with van der Waals surface area (Å²) in [4.78, 5) is 0. The highest BCUT2D eigenvalue weighted by atomic mass is 16.6. The molecule has 4 atom stereocenters. The molecule has 16 heavy (non-hydrogen) atoms. The minimum absolute atomic E-state index is 0.0157. The van der Waals surface area contributed by atoms with Gasteiger partial charge in [0.05, 0.1) is 25.8 Å². The van der Waals surface area contributed by atoms with Crippen LogP contribution >= 0.6 is 0 Å². The molecule has 1 fully saturated rings. The Morgan fingerprint density at radius 1 is 1.06 bits per heavy atom. The van der Waals surface area contributed by atoms with E-state index in [0.29, 0.717) is 19.8 Å². The Morgan fingerprint density at radius 3 is 2.38 bits per heavy atom. The van der Waals surface area contributed by atoms with Crippen LogP contribution in [0.5, 0.6) is 0 Å². The molecule has 0 aromatic carbocycles. The number of hydrogen-bond donors (Lipinski definition) is 0. The lowest BCUT2D eigenvalue weighted by atomic mass is 9.93. The van der Waals surface area contributed by atoms with Gasteiger partial charge in [-0.2, -0.15) is 0 Å². The highest BCUT2D eigenvalue weighted by molar-refractivity contribution is 6.11. The summed E-state index contributed by atoms with van der Waals surface area (Å²) in [6.07, 6.45) is -0.190. The van der Waals surface area contributed by atoms with Gasteiger partial charge in [0.15, 0.2) is 0 Å². The van der Waals surface area contributed by atoms with Crippen molar-refractivity contribution >= 4 is 7.85 Å². The van der Waals surface area contributed by atoms with E-state index in [1.807, 2.05) is 7.85 Å². The quantitative estimate of drug-likeness (QED) is 0.418. The summed E-state index contributed by atoms with van der Waals surface area (Å²) in [7, 11) is 6.96. The van der Waals surface area contributed by atoms with Crippen molar-refractivity contribution in [3.63, 3.8) is 0 Å². The van der Waals surface area contributed by atoms with Crippen LogP contribution in [0.25, 0.3) is 0 Å². The summed E-state index contributed by atoms with van der Waals surface area (Å²) in [5, 5.41) is 0.